The molecule has 5 nitrogen and oxygen atoms in total. The van der Waals surface area contributed by atoms with Crippen LogP contribution < -0.4 is 20.5 Å². The molecule has 1 amide bonds. The molecule has 0 atom stereocenters. The molecule has 0 aliphatic heterocycles. The Morgan fingerprint density at radius 1 is 0.727 bits per heavy atom. The van der Waals surface area contributed by atoms with Crippen LogP contribution in [0.2, 0.25) is 51.4 Å². The van der Waals surface area contributed by atoms with E-state index in [1.165, 1.54) is 63.4 Å². The minimum absolute atomic E-state index is 0.529. The SMILES string of the molecule is C=C([Si](C)(C)c1ccc([Si](C)(C)CCCCCCCC[Si](OC)(OC)OC)cc1)[Si](C)(C)c1cccc(N(C)C(=O)CF)c1. The number of alkyl halides is 1. The highest BCUT2D eigenvalue weighted by Gasteiger charge is 2.39. The van der Waals surface area contributed by atoms with Gasteiger partial charge in [0.15, 0.2) is 6.67 Å². The Morgan fingerprint density at radius 2 is 1.20 bits per heavy atom. The van der Waals surface area contributed by atoms with Crippen molar-refractivity contribution < 1.29 is 22.5 Å². The van der Waals surface area contributed by atoms with Crippen LogP contribution in [0.5, 0.6) is 0 Å². The van der Waals surface area contributed by atoms with E-state index < -0.39 is 45.6 Å². The first kappa shape index (κ1) is 38.5. The first-order valence-electron chi connectivity index (χ1n) is 16.0. The number of unbranched alkanes of at least 4 members (excludes halogenated alkanes) is 5. The Bertz CT molecular complexity index is 1210. The molecule has 0 bridgehead atoms. The molecule has 2 rings (SSSR count). The van der Waals surface area contributed by atoms with Gasteiger partial charge in [-0.3, -0.25) is 4.79 Å². The zero-order valence-corrected chi connectivity index (χ0v) is 33.1. The Labute approximate surface area is 271 Å². The lowest BCUT2D eigenvalue weighted by atomic mass is 10.1. The minimum atomic E-state index is -2.43. The van der Waals surface area contributed by atoms with Crippen LogP contribution in [-0.4, -0.2) is 74.0 Å². The Kier molecular flexibility index (Phi) is 14.7. The van der Waals surface area contributed by atoms with Gasteiger partial charge in [-0.05, 0) is 18.6 Å². The van der Waals surface area contributed by atoms with Crippen molar-refractivity contribution in [2.24, 2.45) is 0 Å². The lowest BCUT2D eigenvalue weighted by molar-refractivity contribution is -0.119. The van der Waals surface area contributed by atoms with E-state index in [4.69, 9.17) is 19.9 Å². The second-order valence-electron chi connectivity index (χ2n) is 13.7. The van der Waals surface area contributed by atoms with Crippen molar-refractivity contribution in [2.75, 3.05) is 40.0 Å². The molecule has 2 aromatic rings. The number of anilines is 1. The molecule has 0 heterocycles. The number of benzene rings is 2. The number of rotatable bonds is 19. The molecule has 0 N–H and O–H groups in total. The first-order chi connectivity index (χ1) is 20.6. The van der Waals surface area contributed by atoms with Crippen molar-refractivity contribution in [3.8, 4) is 0 Å². The van der Waals surface area contributed by atoms with Crippen LogP contribution in [0, 0.1) is 0 Å². The van der Waals surface area contributed by atoms with E-state index in [-0.39, 0.29) is 0 Å². The molecule has 0 aromatic heterocycles. The molecule has 44 heavy (non-hydrogen) atoms. The summed E-state index contributed by atoms with van der Waals surface area (Å²) < 4.78 is 29.6. The van der Waals surface area contributed by atoms with Gasteiger partial charge in [0.2, 0.25) is 0 Å². The van der Waals surface area contributed by atoms with Crippen molar-refractivity contribution in [1.82, 2.24) is 0 Å². The maximum absolute atomic E-state index is 13.0. The molecule has 10 heteroatoms. The Hall–Kier alpha value is -1.67. The van der Waals surface area contributed by atoms with Crippen LogP contribution in [-0.2, 0) is 18.1 Å². The quantitative estimate of drug-likeness (QED) is 0.120. The highest BCUT2D eigenvalue weighted by atomic mass is 28.4. The maximum atomic E-state index is 13.0. The molecular weight excluding hydrogens is 618 g/mol. The summed E-state index contributed by atoms with van der Waals surface area (Å²) in [5, 5.41) is 4.17. The van der Waals surface area contributed by atoms with Crippen LogP contribution in [0.25, 0.3) is 0 Å². The zero-order valence-electron chi connectivity index (χ0n) is 29.1. The number of carbonyl (C=O) groups excluding carboxylic acids is 1. The van der Waals surface area contributed by atoms with Crippen LogP contribution >= 0.6 is 0 Å². The lowest BCUT2D eigenvalue weighted by Gasteiger charge is -2.37. The molecule has 0 radical (unpaired) electrons. The normalized spacial score (nSPS) is 12.8. The topological polar surface area (TPSA) is 48.0 Å². The number of hydrogen-bond donors (Lipinski definition) is 0. The van der Waals surface area contributed by atoms with E-state index in [0.29, 0.717) is 0 Å². The van der Waals surface area contributed by atoms with Gasteiger partial charge >= 0.3 is 8.80 Å². The Balaban J connectivity index is 1.98. The average Bonchev–Trinajstić information content (AvgIpc) is 3.03. The molecule has 0 spiro atoms. The third-order valence-electron chi connectivity index (χ3n) is 9.81. The van der Waals surface area contributed by atoms with Crippen LogP contribution in [0.1, 0.15) is 38.5 Å². The van der Waals surface area contributed by atoms with Gasteiger partial charge in [0.05, 0.1) is 8.07 Å². The third kappa shape index (κ3) is 9.67. The number of halogens is 1. The van der Waals surface area contributed by atoms with Gasteiger partial charge < -0.3 is 18.2 Å². The summed E-state index contributed by atoms with van der Waals surface area (Å²) in [5.41, 5.74) is 0.735. The zero-order chi connectivity index (χ0) is 33.2. The molecule has 2 aromatic carbocycles. The fourth-order valence-electron chi connectivity index (χ4n) is 6.12. The van der Waals surface area contributed by atoms with E-state index >= 15 is 0 Å². The molecule has 0 aliphatic carbocycles. The summed E-state index contributed by atoms with van der Waals surface area (Å²) in [4.78, 5) is 14.7. The lowest BCUT2D eigenvalue weighted by Crippen LogP contribution is -2.57. The number of hydrogen-bond acceptors (Lipinski definition) is 4. The highest BCUT2D eigenvalue weighted by molar-refractivity contribution is 7.15. The van der Waals surface area contributed by atoms with Gasteiger partial charge in [-0.2, -0.15) is 0 Å². The summed E-state index contributed by atoms with van der Waals surface area (Å²) in [7, 11) is -1.36. The van der Waals surface area contributed by atoms with Gasteiger partial charge in [0.1, 0.15) is 16.1 Å². The van der Waals surface area contributed by atoms with Crippen LogP contribution in [0.4, 0.5) is 10.1 Å². The number of amides is 1. The second-order valence-corrected chi connectivity index (χ2v) is 31.0. The standard InChI is InChI=1S/C34H58FNO4Si4/c1-29(43(10,11)33-20-18-19-30(27-33)36(2)34(37)28-35)42(8,9)32-23-21-31(22-24-32)41(6,7)25-16-14-12-13-15-17-26-44(38-3,39-4)40-5/h18-24,27H,1,12-17,25-26,28H2,2-11H3. The predicted octanol–water partition coefficient (Wildman–Crippen LogP) is 6.92. The van der Waals surface area contributed by atoms with Gasteiger partial charge in [-0.25, -0.2) is 4.39 Å². The fraction of sp³-hybridized carbons (Fsp3) is 0.559. The summed E-state index contributed by atoms with van der Waals surface area (Å²) in [6, 6.07) is 19.8. The molecule has 0 aliphatic rings. The smallest absolute Gasteiger partial charge is 0.377 e. The van der Waals surface area contributed by atoms with E-state index in [0.717, 1.165) is 18.2 Å². The molecule has 0 fully saturated rings. The van der Waals surface area contributed by atoms with E-state index in [2.05, 4.69) is 75.7 Å². The molecule has 246 valence electrons. The van der Waals surface area contributed by atoms with Crippen molar-refractivity contribution >= 4 is 60.2 Å². The molecular formula is C34H58FNO4Si4. The van der Waals surface area contributed by atoms with E-state index in [1.807, 2.05) is 12.1 Å². The van der Waals surface area contributed by atoms with Gasteiger partial charge in [0, 0.05) is 40.1 Å². The van der Waals surface area contributed by atoms with Crippen LogP contribution in [0.15, 0.2) is 59.9 Å². The molecule has 0 saturated carbocycles. The second kappa shape index (κ2) is 16.8. The maximum Gasteiger partial charge on any atom is 0.500 e. The van der Waals surface area contributed by atoms with Crippen molar-refractivity contribution in [2.45, 2.75) is 89.9 Å². The van der Waals surface area contributed by atoms with Crippen molar-refractivity contribution in [1.29, 1.82) is 0 Å². The number of carbonyl (C=O) groups is 1. The molecule has 0 unspecified atom stereocenters. The number of nitrogens with zero attached hydrogens (tertiary/aromatic N) is 1. The summed E-state index contributed by atoms with van der Waals surface area (Å²) in [6.45, 7) is 18.2. The molecule has 0 saturated heterocycles. The van der Waals surface area contributed by atoms with Crippen molar-refractivity contribution in [3.05, 3.63) is 59.9 Å². The monoisotopic (exact) mass is 675 g/mol. The average molecular weight is 676 g/mol. The van der Waals surface area contributed by atoms with Crippen LogP contribution in [0.3, 0.4) is 0 Å². The largest absolute Gasteiger partial charge is 0.500 e. The van der Waals surface area contributed by atoms with E-state index in [1.54, 1.807) is 28.4 Å². The third-order valence-corrected chi connectivity index (χ3v) is 26.4. The minimum Gasteiger partial charge on any atom is -0.377 e. The summed E-state index contributed by atoms with van der Waals surface area (Å²) in [5.74, 6) is -0.529. The Morgan fingerprint density at radius 3 is 1.73 bits per heavy atom. The van der Waals surface area contributed by atoms with Gasteiger partial charge in [-0.15, -0.1) is 6.58 Å². The summed E-state index contributed by atoms with van der Waals surface area (Å²) >= 11 is 0. The first-order valence-corrected chi connectivity index (χ1v) is 27.1. The van der Waals surface area contributed by atoms with Gasteiger partial charge in [0.25, 0.3) is 5.91 Å². The fourth-order valence-corrected chi connectivity index (χ4v) is 20.2. The highest BCUT2D eigenvalue weighted by Crippen LogP contribution is 2.26. The van der Waals surface area contributed by atoms with Gasteiger partial charge in [-0.1, -0.05) is 134 Å². The predicted molar refractivity (Wildman–Crippen MR) is 197 cm³/mol. The summed E-state index contributed by atoms with van der Waals surface area (Å²) in [6.07, 6.45) is 7.38. The van der Waals surface area contributed by atoms with Crippen molar-refractivity contribution in [3.63, 3.8) is 0 Å². The van der Waals surface area contributed by atoms with E-state index in [9.17, 15) is 9.18 Å².